The Morgan fingerprint density at radius 2 is 2.00 bits per heavy atom. The van der Waals surface area contributed by atoms with Gasteiger partial charge < -0.3 is 4.74 Å². The van der Waals surface area contributed by atoms with E-state index in [2.05, 4.69) is 0 Å². The molecule has 2 rings (SSSR count). The maximum atomic E-state index is 12.2. The monoisotopic (exact) mass is 295 g/mol. The third-order valence-electron chi connectivity index (χ3n) is 3.04. The maximum absolute atomic E-state index is 12.2. The molecule has 0 radical (unpaired) electrons. The molecule has 1 atom stereocenters. The van der Waals surface area contributed by atoms with Crippen molar-refractivity contribution < 1.29 is 14.3 Å². The molecule has 1 fully saturated rings. The fourth-order valence-corrected chi connectivity index (χ4v) is 2.49. The number of ether oxygens (including phenoxy) is 1. The summed E-state index contributed by atoms with van der Waals surface area (Å²) in [6.45, 7) is 5.47. The number of carbonyl (C=O) groups excluding carboxylic acids is 2. The summed E-state index contributed by atoms with van der Waals surface area (Å²) in [5, 5.41) is 0.556. The van der Waals surface area contributed by atoms with Crippen molar-refractivity contribution in [1.82, 2.24) is 4.90 Å². The number of amides is 1. The van der Waals surface area contributed by atoms with Crippen LogP contribution in [0.4, 0.5) is 4.79 Å². The van der Waals surface area contributed by atoms with Crippen molar-refractivity contribution in [2.24, 2.45) is 0 Å². The predicted molar refractivity (Wildman–Crippen MR) is 76.8 cm³/mol. The summed E-state index contributed by atoms with van der Waals surface area (Å²) in [5.41, 5.74) is 0.194. The predicted octanol–water partition coefficient (Wildman–Crippen LogP) is 3.59. The van der Waals surface area contributed by atoms with Crippen molar-refractivity contribution in [3.05, 3.63) is 34.9 Å². The average Bonchev–Trinajstić information content (AvgIpc) is 2.69. The highest BCUT2D eigenvalue weighted by atomic mass is 35.5. The Hall–Kier alpha value is -1.55. The molecule has 108 valence electrons. The zero-order valence-electron chi connectivity index (χ0n) is 11.9. The summed E-state index contributed by atoms with van der Waals surface area (Å²) < 4.78 is 5.35. The summed E-state index contributed by atoms with van der Waals surface area (Å²) in [6.07, 6.45) is -0.198. The summed E-state index contributed by atoms with van der Waals surface area (Å²) in [6, 6.07) is 6.92. The van der Waals surface area contributed by atoms with E-state index < -0.39 is 11.7 Å². The van der Waals surface area contributed by atoms with Crippen LogP contribution in [0.25, 0.3) is 0 Å². The number of hydrogen-bond acceptors (Lipinski definition) is 3. The lowest BCUT2D eigenvalue weighted by atomic mass is 10.0. The number of Topliss-reactive ketones (excluding diaryl/α,β-unsaturated/α-hetero) is 1. The molecule has 0 N–H and O–H groups in total. The fourth-order valence-electron chi connectivity index (χ4n) is 2.23. The van der Waals surface area contributed by atoms with Crippen molar-refractivity contribution in [2.45, 2.75) is 38.8 Å². The third-order valence-corrected chi connectivity index (χ3v) is 3.38. The van der Waals surface area contributed by atoms with Crippen molar-refractivity contribution >= 4 is 23.5 Å². The van der Waals surface area contributed by atoms with E-state index in [1.54, 1.807) is 26.8 Å². The molecule has 5 heteroatoms. The number of nitrogens with zero attached hydrogens (tertiary/aromatic N) is 1. The van der Waals surface area contributed by atoms with Gasteiger partial charge in [0.1, 0.15) is 5.60 Å². The van der Waals surface area contributed by atoms with Crippen molar-refractivity contribution in [1.29, 1.82) is 0 Å². The minimum absolute atomic E-state index is 0.0146. The minimum atomic E-state index is -0.590. The fraction of sp³-hybridized carbons (Fsp3) is 0.467. The lowest BCUT2D eigenvalue weighted by molar-refractivity contribution is -0.117. The van der Waals surface area contributed by atoms with Gasteiger partial charge in [-0.2, -0.15) is 0 Å². The first-order valence-corrected chi connectivity index (χ1v) is 6.91. The summed E-state index contributed by atoms with van der Waals surface area (Å²) in [4.78, 5) is 25.4. The molecule has 20 heavy (non-hydrogen) atoms. The normalized spacial score (nSPS) is 19.3. The SMILES string of the molecule is CC(C)(C)OC(=O)N1CC(=O)CC1c1ccccc1Cl. The number of rotatable bonds is 1. The van der Waals surface area contributed by atoms with Crippen LogP contribution in [0.1, 0.15) is 38.8 Å². The highest BCUT2D eigenvalue weighted by Gasteiger charge is 2.38. The van der Waals surface area contributed by atoms with E-state index in [0.717, 1.165) is 5.56 Å². The zero-order chi connectivity index (χ0) is 14.9. The Kier molecular flexibility index (Phi) is 4.04. The number of ketones is 1. The first-order chi connectivity index (χ1) is 9.28. The van der Waals surface area contributed by atoms with E-state index >= 15 is 0 Å². The van der Waals surface area contributed by atoms with Crippen molar-refractivity contribution in [3.63, 3.8) is 0 Å². The lowest BCUT2D eigenvalue weighted by Gasteiger charge is -2.28. The van der Waals surface area contributed by atoms with Gasteiger partial charge in [0, 0.05) is 11.4 Å². The second-order valence-corrected chi connectivity index (χ2v) is 6.30. The molecule has 1 aromatic rings. The summed E-state index contributed by atoms with van der Waals surface area (Å²) in [7, 11) is 0. The molecule has 4 nitrogen and oxygen atoms in total. The van der Waals surface area contributed by atoms with Crippen LogP contribution in [0.15, 0.2) is 24.3 Å². The molecule has 1 aliphatic rings. The van der Waals surface area contributed by atoms with Gasteiger partial charge in [-0.25, -0.2) is 4.79 Å². The van der Waals surface area contributed by atoms with Gasteiger partial charge in [-0.3, -0.25) is 9.69 Å². The van der Waals surface area contributed by atoms with Gasteiger partial charge in [0.2, 0.25) is 0 Å². The molecule has 1 saturated heterocycles. The molecule has 0 aromatic heterocycles. The Morgan fingerprint density at radius 3 is 2.60 bits per heavy atom. The molecule has 0 saturated carbocycles. The van der Waals surface area contributed by atoms with E-state index in [0.29, 0.717) is 5.02 Å². The molecule has 1 amide bonds. The Balaban J connectivity index is 2.26. The average molecular weight is 296 g/mol. The van der Waals surface area contributed by atoms with Crippen molar-refractivity contribution in [3.8, 4) is 0 Å². The van der Waals surface area contributed by atoms with Crippen LogP contribution in [0, 0.1) is 0 Å². The Bertz CT molecular complexity index is 536. The maximum Gasteiger partial charge on any atom is 0.411 e. The van der Waals surface area contributed by atoms with E-state index in [1.807, 2.05) is 18.2 Å². The first kappa shape index (κ1) is 14.9. The van der Waals surface area contributed by atoms with Gasteiger partial charge in [-0.15, -0.1) is 0 Å². The summed E-state index contributed by atoms with van der Waals surface area (Å²) in [5.74, 6) is 0.0146. The van der Waals surface area contributed by atoms with E-state index in [4.69, 9.17) is 16.3 Å². The quantitative estimate of drug-likeness (QED) is 0.795. The smallest absolute Gasteiger partial charge is 0.411 e. The summed E-state index contributed by atoms with van der Waals surface area (Å²) >= 11 is 6.17. The van der Waals surface area contributed by atoms with E-state index in [9.17, 15) is 9.59 Å². The van der Waals surface area contributed by atoms with Gasteiger partial charge in [0.15, 0.2) is 5.78 Å². The Morgan fingerprint density at radius 1 is 1.35 bits per heavy atom. The number of halogens is 1. The molecule has 0 bridgehead atoms. The molecule has 1 unspecified atom stereocenters. The highest BCUT2D eigenvalue weighted by Crippen LogP contribution is 2.35. The van der Waals surface area contributed by atoms with Gasteiger partial charge in [-0.1, -0.05) is 29.8 Å². The second kappa shape index (κ2) is 5.44. The molecule has 1 heterocycles. The van der Waals surface area contributed by atoms with Crippen LogP contribution in [-0.4, -0.2) is 28.9 Å². The van der Waals surface area contributed by atoms with Crippen LogP contribution in [-0.2, 0) is 9.53 Å². The van der Waals surface area contributed by atoms with Crippen LogP contribution in [0.3, 0.4) is 0 Å². The van der Waals surface area contributed by atoms with Crippen molar-refractivity contribution in [2.75, 3.05) is 6.54 Å². The minimum Gasteiger partial charge on any atom is -0.444 e. The van der Waals surface area contributed by atoms with Gasteiger partial charge >= 0.3 is 6.09 Å². The highest BCUT2D eigenvalue weighted by molar-refractivity contribution is 6.31. The first-order valence-electron chi connectivity index (χ1n) is 6.53. The lowest BCUT2D eigenvalue weighted by Crippen LogP contribution is -2.36. The van der Waals surface area contributed by atoms with Gasteiger partial charge in [0.05, 0.1) is 12.6 Å². The van der Waals surface area contributed by atoms with Gasteiger partial charge in [0.25, 0.3) is 0 Å². The zero-order valence-corrected chi connectivity index (χ0v) is 12.6. The van der Waals surface area contributed by atoms with Crippen LogP contribution in [0.5, 0.6) is 0 Å². The van der Waals surface area contributed by atoms with E-state index in [1.165, 1.54) is 4.90 Å². The van der Waals surface area contributed by atoms with Crippen LogP contribution >= 0.6 is 11.6 Å². The van der Waals surface area contributed by atoms with E-state index in [-0.39, 0.29) is 24.8 Å². The molecule has 1 aromatic carbocycles. The number of hydrogen-bond donors (Lipinski definition) is 0. The molecular formula is C15H18ClNO3. The number of benzene rings is 1. The number of carbonyl (C=O) groups is 2. The number of likely N-dealkylation sites (tertiary alicyclic amines) is 1. The second-order valence-electron chi connectivity index (χ2n) is 5.89. The molecule has 0 spiro atoms. The Labute approximate surface area is 123 Å². The van der Waals surface area contributed by atoms with Crippen LogP contribution < -0.4 is 0 Å². The van der Waals surface area contributed by atoms with Crippen LogP contribution in [0.2, 0.25) is 5.02 Å². The molecule has 0 aliphatic carbocycles. The van der Waals surface area contributed by atoms with Gasteiger partial charge in [-0.05, 0) is 32.4 Å². The largest absolute Gasteiger partial charge is 0.444 e. The third kappa shape index (κ3) is 3.31. The molecular weight excluding hydrogens is 278 g/mol. The molecule has 1 aliphatic heterocycles. The standard InChI is InChI=1S/C15H18ClNO3/c1-15(2,3)20-14(19)17-9-10(18)8-13(17)11-6-4-5-7-12(11)16/h4-7,13H,8-9H2,1-3H3. The topological polar surface area (TPSA) is 46.6 Å².